The van der Waals surface area contributed by atoms with Crippen LogP contribution in [-0.4, -0.2) is 39.0 Å². The molecule has 1 aliphatic rings. The van der Waals surface area contributed by atoms with Gasteiger partial charge in [-0.25, -0.2) is 0 Å². The second kappa shape index (κ2) is 5.81. The summed E-state index contributed by atoms with van der Waals surface area (Å²) in [5, 5.41) is 15.6. The SMILES string of the molecule is CCc1nn(C)c(CN(C)CC2(O)CCCC2)c1Cl. The third-order valence-electron chi connectivity index (χ3n) is 4.02. The average molecular weight is 286 g/mol. The van der Waals surface area contributed by atoms with Crippen molar-refractivity contribution < 1.29 is 5.11 Å². The lowest BCUT2D eigenvalue weighted by atomic mass is 10.0. The van der Waals surface area contributed by atoms with Crippen LogP contribution in [0.2, 0.25) is 5.02 Å². The first-order valence-electron chi connectivity index (χ1n) is 7.06. The van der Waals surface area contributed by atoms with Crippen LogP contribution in [0.4, 0.5) is 0 Å². The Bertz CT molecular complexity index is 438. The molecule has 0 unspecified atom stereocenters. The van der Waals surface area contributed by atoms with Crippen LogP contribution in [0, 0.1) is 0 Å². The third kappa shape index (κ3) is 3.30. The summed E-state index contributed by atoms with van der Waals surface area (Å²) in [6.07, 6.45) is 4.95. The Morgan fingerprint density at radius 2 is 2.05 bits per heavy atom. The number of nitrogens with zero attached hydrogens (tertiary/aromatic N) is 3. The molecule has 1 heterocycles. The molecule has 1 saturated carbocycles. The van der Waals surface area contributed by atoms with E-state index < -0.39 is 5.60 Å². The second-order valence-corrected chi connectivity index (χ2v) is 6.17. The monoisotopic (exact) mass is 285 g/mol. The van der Waals surface area contributed by atoms with Gasteiger partial charge in [-0.2, -0.15) is 5.10 Å². The zero-order valence-corrected chi connectivity index (χ0v) is 12.9. The van der Waals surface area contributed by atoms with Gasteiger partial charge in [-0.15, -0.1) is 0 Å². The summed E-state index contributed by atoms with van der Waals surface area (Å²) in [6.45, 7) is 3.49. The molecule has 1 aromatic heterocycles. The van der Waals surface area contributed by atoms with E-state index >= 15 is 0 Å². The van der Waals surface area contributed by atoms with Crippen LogP contribution in [0.1, 0.15) is 44.0 Å². The average Bonchev–Trinajstić information content (AvgIpc) is 2.87. The van der Waals surface area contributed by atoms with Crippen molar-refractivity contribution in [2.45, 2.75) is 51.2 Å². The first-order valence-corrected chi connectivity index (χ1v) is 7.44. The summed E-state index contributed by atoms with van der Waals surface area (Å²) in [5.74, 6) is 0. The van der Waals surface area contributed by atoms with E-state index in [0.717, 1.165) is 55.1 Å². The summed E-state index contributed by atoms with van der Waals surface area (Å²) in [7, 11) is 3.96. The fourth-order valence-corrected chi connectivity index (χ4v) is 3.35. The minimum Gasteiger partial charge on any atom is -0.389 e. The Morgan fingerprint density at radius 1 is 1.42 bits per heavy atom. The molecular weight excluding hydrogens is 262 g/mol. The molecule has 19 heavy (non-hydrogen) atoms. The van der Waals surface area contributed by atoms with E-state index in [0.29, 0.717) is 6.54 Å². The molecule has 0 bridgehead atoms. The summed E-state index contributed by atoms with van der Waals surface area (Å²) in [4.78, 5) is 2.15. The topological polar surface area (TPSA) is 41.3 Å². The number of aliphatic hydroxyl groups is 1. The fraction of sp³-hybridized carbons (Fsp3) is 0.786. The number of halogens is 1. The minimum atomic E-state index is -0.507. The lowest BCUT2D eigenvalue weighted by Gasteiger charge is -2.28. The molecule has 1 fully saturated rings. The fourth-order valence-electron chi connectivity index (χ4n) is 3.00. The number of hydrogen-bond acceptors (Lipinski definition) is 3. The van der Waals surface area contributed by atoms with E-state index in [2.05, 4.69) is 16.9 Å². The van der Waals surface area contributed by atoms with Gasteiger partial charge in [0.2, 0.25) is 0 Å². The minimum absolute atomic E-state index is 0.507. The van der Waals surface area contributed by atoms with E-state index in [9.17, 15) is 5.11 Å². The number of hydrogen-bond donors (Lipinski definition) is 1. The maximum Gasteiger partial charge on any atom is 0.0863 e. The predicted octanol–water partition coefficient (Wildman–Crippen LogP) is 2.37. The van der Waals surface area contributed by atoms with E-state index in [4.69, 9.17) is 11.6 Å². The molecule has 0 atom stereocenters. The number of aryl methyl sites for hydroxylation is 2. The van der Waals surface area contributed by atoms with Crippen molar-refractivity contribution in [1.82, 2.24) is 14.7 Å². The Kier molecular flexibility index (Phi) is 4.54. The molecule has 1 aliphatic carbocycles. The predicted molar refractivity (Wildman–Crippen MR) is 77.3 cm³/mol. The van der Waals surface area contributed by atoms with Crippen molar-refractivity contribution in [3.05, 3.63) is 16.4 Å². The zero-order valence-electron chi connectivity index (χ0n) is 12.1. The van der Waals surface area contributed by atoms with E-state index in [1.165, 1.54) is 0 Å². The van der Waals surface area contributed by atoms with Crippen LogP contribution < -0.4 is 0 Å². The van der Waals surface area contributed by atoms with Gasteiger partial charge in [-0.05, 0) is 26.3 Å². The highest BCUT2D eigenvalue weighted by Gasteiger charge is 2.32. The lowest BCUT2D eigenvalue weighted by Crippen LogP contribution is -2.39. The molecule has 2 rings (SSSR count). The smallest absolute Gasteiger partial charge is 0.0863 e. The highest BCUT2D eigenvalue weighted by atomic mass is 35.5. The van der Waals surface area contributed by atoms with E-state index in [-0.39, 0.29) is 0 Å². The summed E-state index contributed by atoms with van der Waals surface area (Å²) < 4.78 is 1.86. The Labute approximate surface area is 120 Å². The van der Waals surface area contributed by atoms with Crippen LogP contribution in [0.25, 0.3) is 0 Å². The maximum atomic E-state index is 10.4. The Balaban J connectivity index is 2.02. The molecule has 1 N–H and O–H groups in total. The summed E-state index contributed by atoms with van der Waals surface area (Å²) in [6, 6.07) is 0. The molecule has 5 heteroatoms. The van der Waals surface area contributed by atoms with E-state index in [1.807, 2.05) is 18.8 Å². The Hall–Kier alpha value is -0.580. The number of aromatic nitrogens is 2. The molecule has 0 spiro atoms. The van der Waals surface area contributed by atoms with Crippen molar-refractivity contribution in [2.24, 2.45) is 7.05 Å². The highest BCUT2D eigenvalue weighted by molar-refractivity contribution is 6.31. The van der Waals surface area contributed by atoms with Crippen LogP contribution in [0.3, 0.4) is 0 Å². The highest BCUT2D eigenvalue weighted by Crippen LogP contribution is 2.30. The van der Waals surface area contributed by atoms with Gasteiger partial charge in [0.1, 0.15) is 0 Å². The number of likely N-dealkylation sites (N-methyl/N-ethyl adjacent to an activating group) is 1. The van der Waals surface area contributed by atoms with Gasteiger partial charge < -0.3 is 5.11 Å². The lowest BCUT2D eigenvalue weighted by molar-refractivity contribution is 0.0140. The number of rotatable bonds is 5. The van der Waals surface area contributed by atoms with Crippen molar-refractivity contribution >= 4 is 11.6 Å². The van der Waals surface area contributed by atoms with Crippen molar-refractivity contribution in [1.29, 1.82) is 0 Å². The summed E-state index contributed by atoms with van der Waals surface area (Å²) >= 11 is 6.35. The molecule has 108 valence electrons. The van der Waals surface area contributed by atoms with Crippen LogP contribution >= 0.6 is 11.6 Å². The molecule has 0 amide bonds. The van der Waals surface area contributed by atoms with Crippen LogP contribution in [0.5, 0.6) is 0 Å². The van der Waals surface area contributed by atoms with Gasteiger partial charge >= 0.3 is 0 Å². The van der Waals surface area contributed by atoms with Crippen LogP contribution in [-0.2, 0) is 20.0 Å². The maximum absolute atomic E-state index is 10.4. The summed E-state index contributed by atoms with van der Waals surface area (Å²) in [5.41, 5.74) is 1.47. The molecule has 0 aromatic carbocycles. The molecule has 4 nitrogen and oxygen atoms in total. The largest absolute Gasteiger partial charge is 0.389 e. The van der Waals surface area contributed by atoms with Gasteiger partial charge in [-0.1, -0.05) is 31.4 Å². The van der Waals surface area contributed by atoms with Crippen LogP contribution in [0.15, 0.2) is 0 Å². The van der Waals surface area contributed by atoms with Gasteiger partial charge in [0.05, 0.1) is 22.0 Å². The zero-order chi connectivity index (χ0) is 14.0. The normalized spacial score (nSPS) is 18.4. The third-order valence-corrected chi connectivity index (χ3v) is 4.46. The van der Waals surface area contributed by atoms with Gasteiger partial charge in [0, 0.05) is 20.1 Å². The molecule has 0 radical (unpaired) electrons. The first-order chi connectivity index (χ1) is 8.95. The standard InChI is InChI=1S/C14H24ClN3O/c1-4-11-13(15)12(18(3)16-11)9-17(2)10-14(19)7-5-6-8-14/h19H,4-10H2,1-3H3. The van der Waals surface area contributed by atoms with Gasteiger partial charge in [0.25, 0.3) is 0 Å². The van der Waals surface area contributed by atoms with Gasteiger partial charge in [0.15, 0.2) is 0 Å². The van der Waals surface area contributed by atoms with Crippen molar-refractivity contribution in [2.75, 3.05) is 13.6 Å². The van der Waals surface area contributed by atoms with Crippen molar-refractivity contribution in [3.63, 3.8) is 0 Å². The Morgan fingerprint density at radius 3 is 2.58 bits per heavy atom. The van der Waals surface area contributed by atoms with Crippen molar-refractivity contribution in [3.8, 4) is 0 Å². The first kappa shape index (κ1) is 14.8. The molecule has 0 aliphatic heterocycles. The van der Waals surface area contributed by atoms with E-state index in [1.54, 1.807) is 0 Å². The quantitative estimate of drug-likeness (QED) is 0.903. The molecule has 0 saturated heterocycles. The van der Waals surface area contributed by atoms with Gasteiger partial charge in [-0.3, -0.25) is 9.58 Å². The molecular formula is C14H24ClN3O. The molecule has 1 aromatic rings. The second-order valence-electron chi connectivity index (χ2n) is 5.79.